The number of carbonyl (C=O) groups is 1. The zero-order chi connectivity index (χ0) is 11.5. The maximum absolute atomic E-state index is 13.1. The molecule has 2 rings (SSSR count). The number of carbonyl (C=O) groups excluding carboxylic acids is 1. The number of nitriles is 1. The highest BCUT2D eigenvalue weighted by Gasteiger charge is 2.17. The molecule has 0 saturated carbocycles. The van der Waals surface area contributed by atoms with Gasteiger partial charge in [0.15, 0.2) is 0 Å². The van der Waals surface area contributed by atoms with E-state index in [0.717, 1.165) is 5.69 Å². The van der Waals surface area contributed by atoms with Gasteiger partial charge < -0.3 is 4.90 Å². The second kappa shape index (κ2) is 4.31. The van der Waals surface area contributed by atoms with E-state index in [1.54, 1.807) is 6.07 Å². The quantitative estimate of drug-likeness (QED) is 0.722. The van der Waals surface area contributed by atoms with Gasteiger partial charge in [-0.1, -0.05) is 0 Å². The van der Waals surface area contributed by atoms with Crippen LogP contribution in [0.1, 0.15) is 18.4 Å². The van der Waals surface area contributed by atoms with Crippen molar-refractivity contribution in [2.75, 3.05) is 18.0 Å². The fourth-order valence-electron chi connectivity index (χ4n) is 1.81. The Morgan fingerprint density at radius 3 is 2.62 bits per heavy atom. The summed E-state index contributed by atoms with van der Waals surface area (Å²) in [5.41, 5.74) is 0.861. The molecule has 0 unspecified atom stereocenters. The van der Waals surface area contributed by atoms with E-state index in [1.807, 2.05) is 11.0 Å². The van der Waals surface area contributed by atoms with Gasteiger partial charge in [-0.3, -0.25) is 4.79 Å². The minimum absolute atomic E-state index is 0.0504. The van der Waals surface area contributed by atoms with Crippen molar-refractivity contribution in [1.82, 2.24) is 0 Å². The molecule has 4 heteroatoms. The van der Waals surface area contributed by atoms with Gasteiger partial charge in [-0.15, -0.1) is 0 Å². The maximum atomic E-state index is 13.1. The number of Topliss-reactive ketones (excluding diaryl/α,β-unsaturated/α-hetero) is 1. The number of halogens is 1. The Morgan fingerprint density at radius 2 is 2.00 bits per heavy atom. The van der Waals surface area contributed by atoms with Crippen LogP contribution in [0.25, 0.3) is 0 Å². The third-order valence-corrected chi connectivity index (χ3v) is 2.76. The van der Waals surface area contributed by atoms with E-state index in [9.17, 15) is 9.18 Å². The van der Waals surface area contributed by atoms with Gasteiger partial charge in [0.25, 0.3) is 0 Å². The van der Waals surface area contributed by atoms with E-state index in [-0.39, 0.29) is 11.3 Å². The smallest absolute Gasteiger partial charge is 0.141 e. The van der Waals surface area contributed by atoms with Crippen LogP contribution in [0.4, 0.5) is 10.1 Å². The summed E-state index contributed by atoms with van der Waals surface area (Å²) in [6.07, 6.45) is 1.05. The SMILES string of the molecule is N#Cc1cc(N2CCC(=O)CC2)ccc1F. The average molecular weight is 218 g/mol. The summed E-state index contributed by atoms with van der Waals surface area (Å²) in [4.78, 5) is 13.1. The molecule has 0 spiro atoms. The third-order valence-electron chi connectivity index (χ3n) is 2.76. The molecular weight excluding hydrogens is 207 g/mol. The summed E-state index contributed by atoms with van der Waals surface area (Å²) in [5, 5.41) is 8.72. The molecule has 16 heavy (non-hydrogen) atoms. The first-order valence-electron chi connectivity index (χ1n) is 5.17. The molecule has 1 aromatic carbocycles. The zero-order valence-electron chi connectivity index (χ0n) is 8.74. The Kier molecular flexibility index (Phi) is 2.86. The second-order valence-electron chi connectivity index (χ2n) is 3.80. The van der Waals surface area contributed by atoms with E-state index < -0.39 is 5.82 Å². The van der Waals surface area contributed by atoms with Gasteiger partial charge in [0.05, 0.1) is 5.56 Å². The first-order chi connectivity index (χ1) is 7.70. The van der Waals surface area contributed by atoms with Gasteiger partial charge in [-0.2, -0.15) is 5.26 Å². The summed E-state index contributed by atoms with van der Waals surface area (Å²) in [7, 11) is 0. The minimum atomic E-state index is -0.501. The number of nitrogens with zero attached hydrogens (tertiary/aromatic N) is 2. The Labute approximate surface area is 93.1 Å². The predicted molar refractivity (Wildman–Crippen MR) is 57.6 cm³/mol. The molecular formula is C12H11FN2O. The maximum Gasteiger partial charge on any atom is 0.141 e. The van der Waals surface area contributed by atoms with Crippen molar-refractivity contribution in [3.63, 3.8) is 0 Å². The van der Waals surface area contributed by atoms with Crippen LogP contribution in [0.3, 0.4) is 0 Å². The topological polar surface area (TPSA) is 44.1 Å². The highest BCUT2D eigenvalue weighted by Crippen LogP contribution is 2.21. The molecule has 0 radical (unpaired) electrons. The van der Waals surface area contributed by atoms with Crippen LogP contribution in [-0.4, -0.2) is 18.9 Å². The summed E-state index contributed by atoms with van der Waals surface area (Å²) in [6.45, 7) is 1.30. The monoisotopic (exact) mass is 218 g/mol. The van der Waals surface area contributed by atoms with Gasteiger partial charge in [0.2, 0.25) is 0 Å². The van der Waals surface area contributed by atoms with Crippen LogP contribution < -0.4 is 4.90 Å². The Balaban J connectivity index is 2.21. The first kappa shape index (κ1) is 10.6. The van der Waals surface area contributed by atoms with E-state index in [2.05, 4.69) is 0 Å². The van der Waals surface area contributed by atoms with Gasteiger partial charge in [0.1, 0.15) is 17.7 Å². The van der Waals surface area contributed by atoms with Crippen molar-refractivity contribution in [2.45, 2.75) is 12.8 Å². The fraction of sp³-hybridized carbons (Fsp3) is 0.333. The summed E-state index contributed by atoms with van der Waals surface area (Å²) >= 11 is 0. The van der Waals surface area contributed by atoms with Crippen LogP contribution in [0, 0.1) is 17.1 Å². The van der Waals surface area contributed by atoms with Gasteiger partial charge in [-0.25, -0.2) is 4.39 Å². The van der Waals surface area contributed by atoms with Crippen molar-refractivity contribution in [3.8, 4) is 6.07 Å². The van der Waals surface area contributed by atoms with E-state index in [0.29, 0.717) is 25.9 Å². The van der Waals surface area contributed by atoms with Crippen molar-refractivity contribution in [2.24, 2.45) is 0 Å². The summed E-state index contributed by atoms with van der Waals surface area (Å²) in [6, 6.07) is 6.29. The lowest BCUT2D eigenvalue weighted by Crippen LogP contribution is -2.33. The molecule has 1 aromatic rings. The molecule has 0 amide bonds. The number of piperidine rings is 1. The molecule has 1 heterocycles. The Bertz CT molecular complexity index is 455. The molecule has 0 bridgehead atoms. The van der Waals surface area contributed by atoms with Crippen LogP contribution in [-0.2, 0) is 4.79 Å². The molecule has 0 aliphatic carbocycles. The predicted octanol–water partition coefficient (Wildman–Crippen LogP) is 1.87. The molecule has 3 nitrogen and oxygen atoms in total. The number of hydrogen-bond acceptors (Lipinski definition) is 3. The molecule has 0 atom stereocenters. The lowest BCUT2D eigenvalue weighted by molar-refractivity contribution is -0.119. The van der Waals surface area contributed by atoms with Crippen molar-refractivity contribution < 1.29 is 9.18 Å². The third kappa shape index (κ3) is 2.03. The zero-order valence-corrected chi connectivity index (χ0v) is 8.74. The molecule has 82 valence electrons. The number of hydrogen-bond donors (Lipinski definition) is 0. The molecule has 1 aliphatic heterocycles. The van der Waals surface area contributed by atoms with E-state index in [4.69, 9.17) is 5.26 Å². The van der Waals surface area contributed by atoms with Crippen LogP contribution in [0.15, 0.2) is 18.2 Å². The highest BCUT2D eigenvalue weighted by atomic mass is 19.1. The Morgan fingerprint density at radius 1 is 1.31 bits per heavy atom. The van der Waals surface area contributed by atoms with Gasteiger partial charge >= 0.3 is 0 Å². The second-order valence-corrected chi connectivity index (χ2v) is 3.80. The van der Waals surface area contributed by atoms with Crippen LogP contribution in [0.2, 0.25) is 0 Å². The normalized spacial score (nSPS) is 16.0. The largest absolute Gasteiger partial charge is 0.371 e. The highest BCUT2D eigenvalue weighted by molar-refractivity contribution is 5.81. The number of benzene rings is 1. The summed E-state index contributed by atoms with van der Waals surface area (Å²) < 4.78 is 13.1. The van der Waals surface area contributed by atoms with Crippen LogP contribution >= 0.6 is 0 Å². The minimum Gasteiger partial charge on any atom is -0.371 e. The van der Waals surface area contributed by atoms with Crippen molar-refractivity contribution in [3.05, 3.63) is 29.6 Å². The molecule has 0 aromatic heterocycles. The van der Waals surface area contributed by atoms with Crippen molar-refractivity contribution in [1.29, 1.82) is 5.26 Å². The average Bonchev–Trinajstić information content (AvgIpc) is 2.31. The first-order valence-corrected chi connectivity index (χ1v) is 5.17. The summed E-state index contributed by atoms with van der Waals surface area (Å²) in [5.74, 6) is -0.238. The molecule has 1 fully saturated rings. The number of rotatable bonds is 1. The van der Waals surface area contributed by atoms with Gasteiger partial charge in [0, 0.05) is 31.6 Å². The van der Waals surface area contributed by atoms with E-state index >= 15 is 0 Å². The van der Waals surface area contributed by atoms with Gasteiger partial charge in [-0.05, 0) is 18.2 Å². The standard InChI is InChI=1S/C12H11FN2O/c13-12-2-1-10(7-9(12)8-14)15-5-3-11(16)4-6-15/h1-2,7H,3-6H2. The lowest BCUT2D eigenvalue weighted by Gasteiger charge is -2.28. The molecule has 1 saturated heterocycles. The van der Waals surface area contributed by atoms with Crippen LogP contribution in [0.5, 0.6) is 0 Å². The lowest BCUT2D eigenvalue weighted by atomic mass is 10.1. The van der Waals surface area contributed by atoms with E-state index in [1.165, 1.54) is 12.1 Å². The molecule has 1 aliphatic rings. The Hall–Kier alpha value is -1.89. The fourth-order valence-corrected chi connectivity index (χ4v) is 1.81. The number of ketones is 1. The number of anilines is 1. The van der Waals surface area contributed by atoms with Crippen molar-refractivity contribution >= 4 is 11.5 Å². The molecule has 0 N–H and O–H groups in total.